The van der Waals surface area contributed by atoms with Crippen molar-refractivity contribution in [3.8, 4) is 12.3 Å². The first-order valence-electron chi connectivity index (χ1n) is 6.25. The highest BCUT2D eigenvalue weighted by Crippen LogP contribution is 2.29. The van der Waals surface area contributed by atoms with Crippen molar-refractivity contribution in [2.75, 3.05) is 20.1 Å². The number of nitrogens with one attached hydrogen (secondary N) is 1. The van der Waals surface area contributed by atoms with Crippen molar-refractivity contribution in [3.63, 3.8) is 0 Å². The van der Waals surface area contributed by atoms with Crippen LogP contribution in [0.15, 0.2) is 21.5 Å². The van der Waals surface area contributed by atoms with Crippen LogP contribution in [0.2, 0.25) is 0 Å². The molecule has 1 aromatic rings. The molecule has 0 aliphatic heterocycles. The van der Waals surface area contributed by atoms with E-state index in [1.165, 1.54) is 4.31 Å². The Labute approximate surface area is 129 Å². The van der Waals surface area contributed by atoms with E-state index in [-0.39, 0.29) is 11.4 Å². The molecule has 0 fully saturated rings. The lowest BCUT2D eigenvalue weighted by Crippen LogP contribution is -2.31. The zero-order chi connectivity index (χ0) is 15.3. The largest absolute Gasteiger partial charge is 0.316 e. The summed E-state index contributed by atoms with van der Waals surface area (Å²) in [6.45, 7) is 4.67. The molecule has 0 atom stereocenters. The third kappa shape index (κ3) is 3.61. The van der Waals surface area contributed by atoms with Crippen molar-refractivity contribution in [2.24, 2.45) is 0 Å². The Morgan fingerprint density at radius 3 is 2.60 bits per heavy atom. The van der Waals surface area contributed by atoms with Gasteiger partial charge in [0.05, 0.1) is 11.4 Å². The van der Waals surface area contributed by atoms with Gasteiger partial charge in [0.15, 0.2) is 0 Å². The fraction of sp³-hybridized carbons (Fsp3) is 0.429. The van der Waals surface area contributed by atoms with Crippen molar-refractivity contribution in [3.05, 3.63) is 27.7 Å². The van der Waals surface area contributed by atoms with E-state index in [1.807, 2.05) is 20.0 Å². The summed E-state index contributed by atoms with van der Waals surface area (Å²) in [7, 11) is -1.77. The van der Waals surface area contributed by atoms with Gasteiger partial charge in [-0.25, -0.2) is 8.42 Å². The molecule has 0 aromatic heterocycles. The molecule has 6 heteroatoms. The zero-order valence-electron chi connectivity index (χ0n) is 11.9. The van der Waals surface area contributed by atoms with Crippen molar-refractivity contribution in [1.82, 2.24) is 9.62 Å². The molecule has 0 saturated heterocycles. The molecular formula is C14H19BrN2O2S. The average Bonchev–Trinajstić information content (AvgIpc) is 2.39. The van der Waals surface area contributed by atoms with E-state index in [4.69, 9.17) is 6.42 Å². The summed E-state index contributed by atoms with van der Waals surface area (Å²) in [5, 5.41) is 3.02. The van der Waals surface area contributed by atoms with Crippen LogP contribution < -0.4 is 5.32 Å². The van der Waals surface area contributed by atoms with Gasteiger partial charge in [-0.3, -0.25) is 0 Å². The number of nitrogens with zero attached hydrogens (tertiary/aromatic N) is 1. The van der Waals surface area contributed by atoms with Crippen LogP contribution in [-0.4, -0.2) is 32.9 Å². The lowest BCUT2D eigenvalue weighted by molar-refractivity contribution is 0.463. The summed E-state index contributed by atoms with van der Waals surface area (Å²) in [5.41, 5.74) is 1.80. The number of hydrogen-bond acceptors (Lipinski definition) is 3. The Balaban J connectivity index is 3.40. The van der Waals surface area contributed by atoms with Gasteiger partial charge in [-0.15, -0.1) is 6.42 Å². The Kier molecular flexibility index (Phi) is 6.21. The van der Waals surface area contributed by atoms with Crippen molar-refractivity contribution in [2.45, 2.75) is 25.3 Å². The van der Waals surface area contributed by atoms with Gasteiger partial charge in [-0.1, -0.05) is 18.9 Å². The Morgan fingerprint density at radius 2 is 2.10 bits per heavy atom. The van der Waals surface area contributed by atoms with Gasteiger partial charge >= 0.3 is 0 Å². The van der Waals surface area contributed by atoms with Gasteiger partial charge in [0.25, 0.3) is 0 Å². The maximum Gasteiger partial charge on any atom is 0.245 e. The number of rotatable bonds is 6. The summed E-state index contributed by atoms with van der Waals surface area (Å²) < 4.78 is 27.2. The number of terminal acetylenes is 1. The Bertz CT molecular complexity index is 621. The first kappa shape index (κ1) is 17.2. The fourth-order valence-corrected chi connectivity index (χ4v) is 4.30. The van der Waals surface area contributed by atoms with E-state index in [0.717, 1.165) is 11.1 Å². The third-order valence-corrected chi connectivity index (χ3v) is 6.16. The van der Waals surface area contributed by atoms with Crippen LogP contribution in [0.4, 0.5) is 0 Å². The molecule has 0 aliphatic carbocycles. The van der Waals surface area contributed by atoms with Crippen LogP contribution in [0.25, 0.3) is 0 Å². The van der Waals surface area contributed by atoms with Gasteiger partial charge in [-0.05, 0) is 47.1 Å². The lowest BCUT2D eigenvalue weighted by atomic mass is 10.1. The molecule has 0 spiro atoms. The van der Waals surface area contributed by atoms with E-state index in [9.17, 15) is 8.42 Å². The van der Waals surface area contributed by atoms with Gasteiger partial charge in [0.1, 0.15) is 0 Å². The van der Waals surface area contributed by atoms with Gasteiger partial charge in [0, 0.05) is 17.6 Å². The van der Waals surface area contributed by atoms with Crippen LogP contribution >= 0.6 is 15.9 Å². The van der Waals surface area contributed by atoms with Crippen LogP contribution in [0, 0.1) is 19.3 Å². The fourth-order valence-electron chi connectivity index (χ4n) is 1.91. The van der Waals surface area contributed by atoms with E-state index >= 15 is 0 Å². The summed E-state index contributed by atoms with van der Waals surface area (Å²) in [4.78, 5) is 0.264. The first-order chi connectivity index (χ1) is 9.38. The maximum absolute atomic E-state index is 12.7. The zero-order valence-corrected chi connectivity index (χ0v) is 14.3. The Morgan fingerprint density at radius 1 is 1.45 bits per heavy atom. The molecule has 0 aliphatic rings. The summed E-state index contributed by atoms with van der Waals surface area (Å²) in [6, 6.07) is 3.64. The van der Waals surface area contributed by atoms with E-state index in [0.29, 0.717) is 17.6 Å². The smallest absolute Gasteiger partial charge is 0.245 e. The highest BCUT2D eigenvalue weighted by atomic mass is 79.9. The quantitative estimate of drug-likeness (QED) is 0.792. The lowest BCUT2D eigenvalue weighted by Gasteiger charge is -2.20. The predicted octanol–water partition coefficient (Wildman–Crippen LogP) is 2.12. The molecule has 0 amide bonds. The number of hydrogen-bond donors (Lipinski definition) is 1. The molecule has 0 bridgehead atoms. The molecular weight excluding hydrogens is 340 g/mol. The van der Waals surface area contributed by atoms with Crippen molar-refractivity contribution >= 4 is 26.0 Å². The standard InChI is InChI=1S/C14H19BrN2O2S/c1-5-7-17(6-2)20(18,19)13-9-12(10-16-4)8-11(3)14(13)15/h1,8-9,16H,6-7,10H2,2-4H3. The van der Waals surface area contributed by atoms with E-state index < -0.39 is 10.0 Å². The molecule has 0 saturated carbocycles. The average molecular weight is 359 g/mol. The minimum absolute atomic E-state index is 0.0700. The number of sulfonamides is 1. The topological polar surface area (TPSA) is 49.4 Å². The van der Waals surface area contributed by atoms with E-state index in [1.54, 1.807) is 13.0 Å². The highest BCUT2D eigenvalue weighted by molar-refractivity contribution is 9.10. The molecule has 0 radical (unpaired) electrons. The van der Waals surface area contributed by atoms with Crippen molar-refractivity contribution < 1.29 is 8.42 Å². The van der Waals surface area contributed by atoms with Crippen LogP contribution in [0.1, 0.15) is 18.1 Å². The molecule has 4 nitrogen and oxygen atoms in total. The van der Waals surface area contributed by atoms with Crippen molar-refractivity contribution in [1.29, 1.82) is 0 Å². The molecule has 110 valence electrons. The summed E-state index contributed by atoms with van der Waals surface area (Å²) in [5.74, 6) is 2.39. The molecule has 1 N–H and O–H groups in total. The minimum atomic E-state index is -3.59. The summed E-state index contributed by atoms with van der Waals surface area (Å²) >= 11 is 3.37. The van der Waals surface area contributed by atoms with Crippen LogP contribution in [-0.2, 0) is 16.6 Å². The monoisotopic (exact) mass is 358 g/mol. The van der Waals surface area contributed by atoms with Crippen LogP contribution in [0.3, 0.4) is 0 Å². The van der Waals surface area contributed by atoms with Crippen LogP contribution in [0.5, 0.6) is 0 Å². The van der Waals surface area contributed by atoms with Gasteiger partial charge in [0.2, 0.25) is 10.0 Å². The van der Waals surface area contributed by atoms with E-state index in [2.05, 4.69) is 27.2 Å². The number of halogens is 1. The molecule has 0 heterocycles. The minimum Gasteiger partial charge on any atom is -0.316 e. The molecule has 0 unspecified atom stereocenters. The molecule has 1 aromatic carbocycles. The molecule has 20 heavy (non-hydrogen) atoms. The summed E-state index contributed by atoms with van der Waals surface area (Å²) in [6.07, 6.45) is 5.25. The Hall–Kier alpha value is -0.870. The predicted molar refractivity (Wildman–Crippen MR) is 84.9 cm³/mol. The third-order valence-electron chi connectivity index (χ3n) is 2.90. The number of aryl methyl sites for hydroxylation is 1. The SMILES string of the molecule is C#CCN(CC)S(=O)(=O)c1cc(CNC)cc(C)c1Br. The molecule has 1 rings (SSSR count). The number of benzene rings is 1. The normalized spacial score (nSPS) is 11.6. The maximum atomic E-state index is 12.7. The van der Waals surface area contributed by atoms with Gasteiger partial charge < -0.3 is 5.32 Å². The second kappa shape index (κ2) is 7.23. The second-order valence-corrected chi connectivity index (χ2v) is 7.09. The second-order valence-electron chi connectivity index (χ2n) is 4.39. The van der Waals surface area contributed by atoms with Gasteiger partial charge in [-0.2, -0.15) is 4.31 Å². The highest BCUT2D eigenvalue weighted by Gasteiger charge is 2.26. The first-order valence-corrected chi connectivity index (χ1v) is 8.49.